The molecule has 126 valence electrons. The first-order valence-electron chi connectivity index (χ1n) is 7.95. The van der Waals surface area contributed by atoms with Gasteiger partial charge in [-0.2, -0.15) is 0 Å². The van der Waals surface area contributed by atoms with Gasteiger partial charge in [-0.05, 0) is 24.6 Å². The first-order chi connectivity index (χ1) is 11.3. The van der Waals surface area contributed by atoms with Crippen LogP contribution in [0.4, 0.5) is 0 Å². The number of aliphatic hydroxyl groups excluding tert-OH is 1. The Morgan fingerprint density at radius 2 is 2.12 bits per heavy atom. The van der Waals surface area contributed by atoms with E-state index in [4.69, 9.17) is 0 Å². The smallest absolute Gasteiger partial charge is 0.352 e. The maximum Gasteiger partial charge on any atom is 0.352 e. The van der Waals surface area contributed by atoms with Crippen molar-refractivity contribution < 1.29 is 24.4 Å². The van der Waals surface area contributed by atoms with Crippen molar-refractivity contribution in [1.82, 2.24) is 4.90 Å². The summed E-state index contributed by atoms with van der Waals surface area (Å²) in [4.78, 5) is 25.3. The molecule has 2 aliphatic heterocycles. The fraction of sp³-hybridized carbons (Fsp3) is 0.389. The summed E-state index contributed by atoms with van der Waals surface area (Å²) < 4.78 is 1.91. The van der Waals surface area contributed by atoms with Crippen molar-refractivity contribution in [2.75, 3.05) is 0 Å². The van der Waals surface area contributed by atoms with E-state index in [0.29, 0.717) is 5.57 Å². The fourth-order valence-corrected chi connectivity index (χ4v) is 3.71. The van der Waals surface area contributed by atoms with E-state index in [9.17, 15) is 19.8 Å². The Bertz CT molecular complexity index is 766. The van der Waals surface area contributed by atoms with Gasteiger partial charge in [0.2, 0.25) is 5.91 Å². The number of carboxylic acids is 1. The number of β-lactam (4-membered cyclic amide) rings is 1. The Kier molecular flexibility index (Phi) is 4.01. The number of fused-ring (bicyclic) bond motifs is 1. The van der Waals surface area contributed by atoms with Crippen LogP contribution in [0.3, 0.4) is 0 Å². The molecule has 0 aromatic carbocycles. The van der Waals surface area contributed by atoms with E-state index in [2.05, 4.69) is 0 Å². The van der Waals surface area contributed by atoms with Gasteiger partial charge < -0.3 is 15.1 Å². The van der Waals surface area contributed by atoms with E-state index < -0.39 is 18.0 Å². The number of carbonyl (C=O) groups is 2. The highest BCUT2D eigenvalue weighted by atomic mass is 16.4. The van der Waals surface area contributed by atoms with Crippen LogP contribution in [-0.2, 0) is 16.6 Å². The highest BCUT2D eigenvalue weighted by molar-refractivity contribution is 6.00. The molecule has 3 heterocycles. The molecule has 1 amide bonds. The van der Waals surface area contributed by atoms with Crippen molar-refractivity contribution >= 4 is 18.0 Å². The minimum atomic E-state index is -1.11. The largest absolute Gasteiger partial charge is 0.477 e. The predicted molar refractivity (Wildman–Crippen MR) is 86.3 cm³/mol. The lowest BCUT2D eigenvalue weighted by molar-refractivity contribution is -0.671. The number of amides is 1. The number of aliphatic carboxylic acids is 1. The second kappa shape index (κ2) is 5.87. The molecule has 1 aromatic heterocycles. The second-order valence-corrected chi connectivity index (χ2v) is 6.50. The summed E-state index contributed by atoms with van der Waals surface area (Å²) in [7, 11) is 1.91. The van der Waals surface area contributed by atoms with Crippen LogP contribution in [0.5, 0.6) is 0 Å². The predicted octanol–water partition coefficient (Wildman–Crippen LogP) is 0.720. The zero-order valence-corrected chi connectivity index (χ0v) is 13.9. The number of pyridine rings is 1. The van der Waals surface area contributed by atoms with Crippen LogP contribution >= 0.6 is 0 Å². The van der Waals surface area contributed by atoms with E-state index in [-0.39, 0.29) is 23.6 Å². The summed E-state index contributed by atoms with van der Waals surface area (Å²) in [6.45, 7) is 3.48. The second-order valence-electron chi connectivity index (χ2n) is 6.50. The van der Waals surface area contributed by atoms with Gasteiger partial charge in [0.1, 0.15) is 12.7 Å². The quantitative estimate of drug-likeness (QED) is 0.630. The summed E-state index contributed by atoms with van der Waals surface area (Å²) in [6, 6.07) is 3.55. The molecule has 6 heteroatoms. The van der Waals surface area contributed by atoms with E-state index in [1.807, 2.05) is 49.1 Å². The third kappa shape index (κ3) is 2.43. The Labute approximate surface area is 140 Å². The maximum absolute atomic E-state index is 12.3. The lowest BCUT2D eigenvalue weighted by atomic mass is 9.77. The van der Waals surface area contributed by atoms with Gasteiger partial charge in [0.05, 0.1) is 18.1 Å². The lowest BCUT2D eigenvalue weighted by Crippen LogP contribution is -2.63. The number of aromatic nitrogens is 1. The molecule has 1 fully saturated rings. The van der Waals surface area contributed by atoms with E-state index in [1.165, 1.54) is 4.90 Å². The van der Waals surface area contributed by atoms with Crippen LogP contribution in [-0.4, -0.2) is 39.1 Å². The third-order valence-electron chi connectivity index (χ3n) is 4.85. The van der Waals surface area contributed by atoms with Crippen molar-refractivity contribution in [3.05, 3.63) is 47.4 Å². The van der Waals surface area contributed by atoms with Gasteiger partial charge in [0.25, 0.3) is 0 Å². The van der Waals surface area contributed by atoms with Crippen LogP contribution in [0.15, 0.2) is 41.9 Å². The van der Waals surface area contributed by atoms with E-state index in [0.717, 1.165) is 5.56 Å². The first-order valence-corrected chi connectivity index (χ1v) is 7.95. The van der Waals surface area contributed by atoms with Crippen molar-refractivity contribution in [3.63, 3.8) is 0 Å². The SMILES string of the molecule is C[C@@H](O)[C@H]1C(=O)N2C(C(=O)O)=C(/C=C/c3ccc[n+](C)c3)[C@H](C)[C@H]12. The topological polar surface area (TPSA) is 81.7 Å². The number of rotatable bonds is 4. The molecule has 0 aliphatic carbocycles. The highest BCUT2D eigenvalue weighted by Crippen LogP contribution is 2.47. The van der Waals surface area contributed by atoms with Gasteiger partial charge in [-0.1, -0.05) is 13.0 Å². The van der Waals surface area contributed by atoms with Crippen LogP contribution in [0.2, 0.25) is 0 Å². The van der Waals surface area contributed by atoms with Gasteiger partial charge >= 0.3 is 5.97 Å². The Morgan fingerprint density at radius 1 is 1.42 bits per heavy atom. The number of allylic oxidation sites excluding steroid dienone is 1. The first kappa shape index (κ1) is 16.4. The molecular weight excluding hydrogens is 308 g/mol. The summed E-state index contributed by atoms with van der Waals surface area (Å²) in [5.74, 6) is -2.09. The standard InChI is InChI=1S/C18H20N2O4/c1-10-13(7-6-12-5-4-8-19(3)9-12)16(18(23)24)20-15(10)14(11(2)21)17(20)22/h4-11,14-15,21H,1-3H3/p+1/b7-6+/t10-,11+,14+,15+/m0/s1. The number of carbonyl (C=O) groups excluding carboxylic acids is 1. The highest BCUT2D eigenvalue weighted by Gasteiger charge is 2.59. The van der Waals surface area contributed by atoms with Gasteiger partial charge in [0.15, 0.2) is 12.4 Å². The van der Waals surface area contributed by atoms with Gasteiger partial charge in [-0.15, -0.1) is 0 Å². The molecule has 1 saturated heterocycles. The molecule has 1 aromatic rings. The molecule has 3 rings (SSSR count). The number of carboxylic acid groups (broad SMARTS) is 1. The molecule has 0 unspecified atom stereocenters. The van der Waals surface area contributed by atoms with Crippen LogP contribution in [0.25, 0.3) is 6.08 Å². The Balaban J connectivity index is 1.97. The molecule has 2 N–H and O–H groups in total. The monoisotopic (exact) mass is 329 g/mol. The molecule has 0 spiro atoms. The molecular formula is C18H21N2O4+. The zero-order valence-electron chi connectivity index (χ0n) is 13.9. The number of hydrogen-bond donors (Lipinski definition) is 2. The maximum atomic E-state index is 12.3. The molecule has 0 radical (unpaired) electrons. The summed E-state index contributed by atoms with van der Waals surface area (Å²) >= 11 is 0. The normalized spacial score (nSPS) is 27.4. The fourth-order valence-electron chi connectivity index (χ4n) is 3.71. The molecule has 4 atom stereocenters. The average molecular weight is 329 g/mol. The van der Waals surface area contributed by atoms with Crippen molar-refractivity contribution in [2.24, 2.45) is 18.9 Å². The lowest BCUT2D eigenvalue weighted by Gasteiger charge is -2.46. The average Bonchev–Trinajstić information content (AvgIpc) is 2.74. The van der Waals surface area contributed by atoms with Crippen molar-refractivity contribution in [1.29, 1.82) is 0 Å². The number of aliphatic hydroxyl groups is 1. The molecule has 6 nitrogen and oxygen atoms in total. The summed E-state index contributed by atoms with van der Waals surface area (Å²) in [5.41, 5.74) is 1.60. The third-order valence-corrected chi connectivity index (χ3v) is 4.85. The van der Waals surface area contributed by atoms with E-state index >= 15 is 0 Å². The summed E-state index contributed by atoms with van der Waals surface area (Å²) in [6.07, 6.45) is 6.68. The molecule has 24 heavy (non-hydrogen) atoms. The van der Waals surface area contributed by atoms with Crippen LogP contribution in [0, 0.1) is 11.8 Å². The minimum Gasteiger partial charge on any atom is -0.477 e. The zero-order chi connectivity index (χ0) is 17.6. The molecule has 2 aliphatic rings. The summed E-state index contributed by atoms with van der Waals surface area (Å²) in [5, 5.41) is 19.4. The molecule has 0 bridgehead atoms. The molecule has 0 saturated carbocycles. The minimum absolute atomic E-state index is 0.0333. The van der Waals surface area contributed by atoms with Gasteiger partial charge in [-0.25, -0.2) is 9.36 Å². The number of nitrogens with zero attached hydrogens (tertiary/aromatic N) is 2. The Morgan fingerprint density at radius 3 is 2.71 bits per heavy atom. The van der Waals surface area contributed by atoms with Gasteiger partial charge in [0, 0.05) is 17.5 Å². The Hall–Kier alpha value is -2.47. The van der Waals surface area contributed by atoms with Gasteiger partial charge in [-0.3, -0.25) is 4.79 Å². The number of hydrogen-bond acceptors (Lipinski definition) is 3. The van der Waals surface area contributed by atoms with Crippen LogP contribution in [0.1, 0.15) is 19.4 Å². The van der Waals surface area contributed by atoms with Crippen molar-refractivity contribution in [2.45, 2.75) is 26.0 Å². The number of aryl methyl sites for hydroxylation is 1. The van der Waals surface area contributed by atoms with Crippen LogP contribution < -0.4 is 4.57 Å². The van der Waals surface area contributed by atoms with Crippen molar-refractivity contribution in [3.8, 4) is 0 Å². The van der Waals surface area contributed by atoms with E-state index in [1.54, 1.807) is 13.0 Å².